The molecule has 1 unspecified atom stereocenters. The second kappa shape index (κ2) is 8.13. The van der Waals surface area contributed by atoms with Gasteiger partial charge in [0.1, 0.15) is 0 Å². The van der Waals surface area contributed by atoms with Crippen LogP contribution in [-0.2, 0) is 4.74 Å². The van der Waals surface area contributed by atoms with E-state index in [2.05, 4.69) is 57.3 Å². The van der Waals surface area contributed by atoms with Gasteiger partial charge in [0.25, 0.3) is 0 Å². The maximum absolute atomic E-state index is 5.75. The van der Waals surface area contributed by atoms with Crippen LogP contribution in [0.5, 0.6) is 0 Å². The number of rotatable bonds is 8. The maximum Gasteiger partial charge on any atom is 0.0675 e. The Labute approximate surface area is 117 Å². The van der Waals surface area contributed by atoms with Crippen LogP contribution in [0.25, 0.3) is 6.08 Å². The minimum atomic E-state index is 0.192. The van der Waals surface area contributed by atoms with Crippen molar-refractivity contribution in [3.8, 4) is 0 Å². The number of hydrogen-bond acceptors (Lipinski definition) is 2. The average molecular weight is 261 g/mol. The summed E-state index contributed by atoms with van der Waals surface area (Å²) in [5, 5.41) is 3.52. The lowest BCUT2D eigenvalue weighted by Gasteiger charge is -2.26. The first-order valence-electron chi connectivity index (χ1n) is 7.12. The lowest BCUT2D eigenvalue weighted by Crippen LogP contribution is -2.42. The van der Waals surface area contributed by atoms with Crippen molar-refractivity contribution >= 4 is 6.08 Å². The molecule has 0 spiro atoms. The van der Waals surface area contributed by atoms with Crippen LogP contribution < -0.4 is 5.32 Å². The number of ether oxygens (including phenoxy) is 1. The monoisotopic (exact) mass is 261 g/mol. The van der Waals surface area contributed by atoms with Gasteiger partial charge in [0, 0.05) is 12.1 Å². The van der Waals surface area contributed by atoms with E-state index in [1.54, 1.807) is 0 Å². The van der Waals surface area contributed by atoms with Crippen LogP contribution in [-0.4, -0.2) is 24.8 Å². The smallest absolute Gasteiger partial charge is 0.0675 e. The molecule has 1 aromatic carbocycles. The van der Waals surface area contributed by atoms with E-state index >= 15 is 0 Å². The fourth-order valence-electron chi connectivity index (χ4n) is 1.57. The standard InChI is InChI=1S/C17H27NO/c1-5-17(3,4)18-14-15(2)19-13-9-12-16-10-7-6-8-11-16/h6-12,15,18H,5,13-14H2,1-4H3. The fraction of sp³-hybridized carbons (Fsp3) is 0.529. The lowest BCUT2D eigenvalue weighted by molar-refractivity contribution is 0.0816. The molecule has 0 saturated carbocycles. The van der Waals surface area contributed by atoms with Gasteiger partial charge in [0.05, 0.1) is 12.7 Å². The van der Waals surface area contributed by atoms with E-state index < -0.39 is 0 Å². The molecule has 1 aromatic rings. The number of benzene rings is 1. The SMILES string of the molecule is CCC(C)(C)NCC(C)OCC=Cc1ccccc1. The first-order chi connectivity index (χ1) is 9.03. The third kappa shape index (κ3) is 7.14. The van der Waals surface area contributed by atoms with Crippen molar-refractivity contribution in [1.82, 2.24) is 5.32 Å². The maximum atomic E-state index is 5.75. The predicted molar refractivity (Wildman–Crippen MR) is 83.3 cm³/mol. The van der Waals surface area contributed by atoms with E-state index in [0.29, 0.717) is 6.61 Å². The summed E-state index contributed by atoms with van der Waals surface area (Å²) in [7, 11) is 0. The Morgan fingerprint density at radius 1 is 1.26 bits per heavy atom. The third-order valence-electron chi connectivity index (χ3n) is 3.34. The van der Waals surface area contributed by atoms with Crippen molar-refractivity contribution < 1.29 is 4.74 Å². The molecule has 1 N–H and O–H groups in total. The molecule has 0 amide bonds. The molecule has 0 bridgehead atoms. The highest BCUT2D eigenvalue weighted by Crippen LogP contribution is 2.07. The molecule has 0 radical (unpaired) electrons. The molecule has 0 aliphatic carbocycles. The van der Waals surface area contributed by atoms with Crippen molar-refractivity contribution in [3.05, 3.63) is 42.0 Å². The van der Waals surface area contributed by atoms with Crippen LogP contribution in [0.15, 0.2) is 36.4 Å². The van der Waals surface area contributed by atoms with E-state index in [1.165, 1.54) is 5.56 Å². The van der Waals surface area contributed by atoms with Crippen molar-refractivity contribution in [1.29, 1.82) is 0 Å². The quantitative estimate of drug-likeness (QED) is 0.766. The highest BCUT2D eigenvalue weighted by Gasteiger charge is 2.14. The van der Waals surface area contributed by atoms with Crippen LogP contribution in [0.1, 0.15) is 39.7 Å². The van der Waals surface area contributed by atoms with Crippen molar-refractivity contribution in [2.75, 3.05) is 13.2 Å². The van der Waals surface area contributed by atoms with Crippen LogP contribution in [0.2, 0.25) is 0 Å². The second-order valence-electron chi connectivity index (χ2n) is 5.58. The third-order valence-corrected chi connectivity index (χ3v) is 3.34. The number of hydrogen-bond donors (Lipinski definition) is 1. The molecule has 1 atom stereocenters. The zero-order valence-corrected chi connectivity index (χ0v) is 12.6. The molecular formula is C17H27NO. The molecule has 0 aliphatic heterocycles. The molecule has 2 heteroatoms. The topological polar surface area (TPSA) is 21.3 Å². The molecule has 0 aliphatic rings. The van der Waals surface area contributed by atoms with Gasteiger partial charge in [-0.05, 0) is 32.8 Å². The summed E-state index contributed by atoms with van der Waals surface area (Å²) in [6, 6.07) is 10.3. The number of nitrogens with one attached hydrogen (secondary N) is 1. The Balaban J connectivity index is 2.20. The summed E-state index contributed by atoms with van der Waals surface area (Å²) in [5.41, 5.74) is 1.40. The summed E-state index contributed by atoms with van der Waals surface area (Å²) in [6.07, 6.45) is 5.51. The summed E-state index contributed by atoms with van der Waals surface area (Å²) in [4.78, 5) is 0. The first-order valence-corrected chi connectivity index (χ1v) is 7.12. The Morgan fingerprint density at radius 2 is 1.95 bits per heavy atom. The molecule has 1 rings (SSSR count). The Bertz CT molecular complexity index is 370. The minimum Gasteiger partial charge on any atom is -0.373 e. The van der Waals surface area contributed by atoms with Gasteiger partial charge in [-0.2, -0.15) is 0 Å². The molecular weight excluding hydrogens is 234 g/mol. The van der Waals surface area contributed by atoms with E-state index in [4.69, 9.17) is 4.74 Å². The van der Waals surface area contributed by atoms with E-state index in [9.17, 15) is 0 Å². The molecule has 0 heterocycles. The van der Waals surface area contributed by atoms with Gasteiger partial charge in [-0.15, -0.1) is 0 Å². The van der Waals surface area contributed by atoms with Gasteiger partial charge in [-0.25, -0.2) is 0 Å². The molecule has 0 fully saturated rings. The van der Waals surface area contributed by atoms with Crippen LogP contribution in [0.4, 0.5) is 0 Å². The first kappa shape index (κ1) is 15.9. The van der Waals surface area contributed by atoms with Gasteiger partial charge < -0.3 is 10.1 Å². The van der Waals surface area contributed by atoms with Gasteiger partial charge in [-0.3, -0.25) is 0 Å². The predicted octanol–water partition coefficient (Wildman–Crippen LogP) is 3.88. The van der Waals surface area contributed by atoms with E-state index in [-0.39, 0.29) is 11.6 Å². The molecule has 0 saturated heterocycles. The molecule has 0 aromatic heterocycles. The van der Waals surface area contributed by atoms with Gasteiger partial charge >= 0.3 is 0 Å². The van der Waals surface area contributed by atoms with Gasteiger partial charge in [0.15, 0.2) is 0 Å². The Hall–Kier alpha value is -1.12. The summed E-state index contributed by atoms with van der Waals surface area (Å²) in [5.74, 6) is 0. The normalized spacial score (nSPS) is 13.9. The van der Waals surface area contributed by atoms with Gasteiger partial charge in [-0.1, -0.05) is 49.4 Å². The van der Waals surface area contributed by atoms with Crippen LogP contribution >= 0.6 is 0 Å². The van der Waals surface area contributed by atoms with Crippen molar-refractivity contribution in [2.24, 2.45) is 0 Å². The second-order valence-corrected chi connectivity index (χ2v) is 5.58. The summed E-state index contributed by atoms with van der Waals surface area (Å²) >= 11 is 0. The average Bonchev–Trinajstić information content (AvgIpc) is 2.43. The molecule has 2 nitrogen and oxygen atoms in total. The lowest BCUT2D eigenvalue weighted by atomic mass is 10.0. The van der Waals surface area contributed by atoms with Crippen molar-refractivity contribution in [2.45, 2.75) is 45.8 Å². The van der Waals surface area contributed by atoms with E-state index in [1.807, 2.05) is 18.2 Å². The molecule has 19 heavy (non-hydrogen) atoms. The Kier molecular flexibility index (Phi) is 6.82. The highest BCUT2D eigenvalue weighted by molar-refractivity contribution is 5.48. The minimum absolute atomic E-state index is 0.192. The van der Waals surface area contributed by atoms with Crippen LogP contribution in [0.3, 0.4) is 0 Å². The highest BCUT2D eigenvalue weighted by atomic mass is 16.5. The fourth-order valence-corrected chi connectivity index (χ4v) is 1.57. The van der Waals surface area contributed by atoms with E-state index in [0.717, 1.165) is 13.0 Å². The largest absolute Gasteiger partial charge is 0.373 e. The van der Waals surface area contributed by atoms with Crippen molar-refractivity contribution in [3.63, 3.8) is 0 Å². The van der Waals surface area contributed by atoms with Gasteiger partial charge in [0.2, 0.25) is 0 Å². The van der Waals surface area contributed by atoms with Crippen LogP contribution in [0, 0.1) is 0 Å². The summed E-state index contributed by atoms with van der Waals surface area (Å²) in [6.45, 7) is 10.3. The Morgan fingerprint density at radius 3 is 2.58 bits per heavy atom. The zero-order valence-electron chi connectivity index (χ0n) is 12.6. The summed E-state index contributed by atoms with van der Waals surface area (Å²) < 4.78 is 5.75. The molecule has 106 valence electrons. The zero-order chi connectivity index (χ0) is 14.1.